The van der Waals surface area contributed by atoms with Crippen molar-refractivity contribution in [3.63, 3.8) is 0 Å². The molecule has 1 aromatic rings. The van der Waals surface area contributed by atoms with Crippen LogP contribution in [-0.2, 0) is 0 Å². The van der Waals surface area contributed by atoms with Gasteiger partial charge in [0.2, 0.25) is 0 Å². The van der Waals surface area contributed by atoms with Gasteiger partial charge in [-0.15, -0.1) is 0 Å². The van der Waals surface area contributed by atoms with Crippen LogP contribution in [0.4, 0.5) is 5.82 Å². The first-order valence-electron chi connectivity index (χ1n) is 6.83. The number of aromatic nitrogens is 2. The molecule has 1 aromatic heterocycles. The van der Waals surface area contributed by atoms with E-state index in [-0.39, 0.29) is 0 Å². The molecule has 0 bridgehead atoms. The maximum Gasteiger partial charge on any atom is 0.133 e. The van der Waals surface area contributed by atoms with Gasteiger partial charge in [-0.1, -0.05) is 26.7 Å². The quantitative estimate of drug-likeness (QED) is 0.697. The summed E-state index contributed by atoms with van der Waals surface area (Å²) in [4.78, 5) is 8.93. The first-order valence-corrected chi connectivity index (χ1v) is 6.83. The molecule has 0 aliphatic rings. The normalized spacial score (nSPS) is 10.9. The summed E-state index contributed by atoms with van der Waals surface area (Å²) in [6.07, 6.45) is 4.26. The third-order valence-corrected chi connectivity index (χ3v) is 2.78. The number of unbranched alkanes of at least 4 members (excludes halogenated alkanes) is 3. The Bertz CT molecular complexity index is 353. The average molecular weight is 251 g/mol. The lowest BCUT2D eigenvalue weighted by Gasteiger charge is -2.10. The van der Waals surface area contributed by atoms with Gasteiger partial charge in [0.1, 0.15) is 11.6 Å². The van der Waals surface area contributed by atoms with Crippen LogP contribution in [0.2, 0.25) is 0 Å². The van der Waals surface area contributed by atoms with Crippen LogP contribution in [-0.4, -0.2) is 28.2 Å². The van der Waals surface area contributed by atoms with Crippen molar-refractivity contribution in [2.24, 2.45) is 0 Å². The van der Waals surface area contributed by atoms with Crippen LogP contribution in [0.15, 0.2) is 6.07 Å². The lowest BCUT2D eigenvalue weighted by atomic mass is 10.2. The molecule has 0 saturated heterocycles. The number of aryl methyl sites for hydroxylation is 1. The zero-order valence-electron chi connectivity index (χ0n) is 11.7. The number of rotatable bonds is 8. The van der Waals surface area contributed by atoms with Gasteiger partial charge >= 0.3 is 0 Å². The molecular formula is C14H25N3O. The molecule has 0 radical (unpaired) electrons. The highest BCUT2D eigenvalue weighted by molar-refractivity contribution is 5.36. The van der Waals surface area contributed by atoms with Crippen LogP contribution in [0.25, 0.3) is 0 Å². The average Bonchev–Trinajstić information content (AvgIpc) is 2.33. The predicted molar refractivity (Wildman–Crippen MR) is 74.9 cm³/mol. The van der Waals surface area contributed by atoms with E-state index in [0.29, 0.717) is 12.5 Å². The van der Waals surface area contributed by atoms with Gasteiger partial charge in [0.25, 0.3) is 0 Å². The Morgan fingerprint density at radius 3 is 2.56 bits per heavy atom. The number of aliphatic hydroxyl groups is 1. The van der Waals surface area contributed by atoms with Gasteiger partial charge in [-0.25, -0.2) is 9.97 Å². The third-order valence-electron chi connectivity index (χ3n) is 2.78. The lowest BCUT2D eigenvalue weighted by molar-refractivity contribution is 0.283. The Morgan fingerprint density at radius 1 is 1.17 bits per heavy atom. The van der Waals surface area contributed by atoms with Crippen LogP contribution < -0.4 is 5.32 Å². The van der Waals surface area contributed by atoms with Gasteiger partial charge in [-0.05, 0) is 19.8 Å². The molecule has 0 aliphatic heterocycles. The molecule has 4 heteroatoms. The summed E-state index contributed by atoms with van der Waals surface area (Å²) in [6, 6.07) is 1.99. The Labute approximate surface area is 110 Å². The number of anilines is 1. The molecule has 1 rings (SSSR count). The van der Waals surface area contributed by atoms with Crippen molar-refractivity contribution < 1.29 is 5.11 Å². The van der Waals surface area contributed by atoms with E-state index in [2.05, 4.69) is 29.1 Å². The second kappa shape index (κ2) is 8.03. The van der Waals surface area contributed by atoms with Crippen molar-refractivity contribution in [2.75, 3.05) is 18.5 Å². The summed E-state index contributed by atoms with van der Waals surface area (Å²) in [5.41, 5.74) is 1.01. The molecule has 0 fully saturated rings. The minimum atomic E-state index is 0.302. The standard InChI is InChI=1S/C14H25N3O/c1-11(2)14-16-12(3)10-13(17-14)15-8-6-4-5-7-9-18/h10-11,18H,4-9H2,1-3H3,(H,15,16,17). The second-order valence-electron chi connectivity index (χ2n) is 4.97. The largest absolute Gasteiger partial charge is 0.396 e. The van der Waals surface area contributed by atoms with Crippen molar-refractivity contribution in [1.82, 2.24) is 9.97 Å². The van der Waals surface area contributed by atoms with Gasteiger partial charge in [-0.2, -0.15) is 0 Å². The van der Waals surface area contributed by atoms with Crippen molar-refractivity contribution in [3.05, 3.63) is 17.6 Å². The number of hydrogen-bond donors (Lipinski definition) is 2. The van der Waals surface area contributed by atoms with E-state index < -0.39 is 0 Å². The van der Waals surface area contributed by atoms with Crippen LogP contribution in [0.1, 0.15) is 57.0 Å². The van der Waals surface area contributed by atoms with Gasteiger partial charge in [0.15, 0.2) is 0 Å². The number of hydrogen-bond acceptors (Lipinski definition) is 4. The summed E-state index contributed by atoms with van der Waals surface area (Å²) in [5, 5.41) is 12.0. The van der Waals surface area contributed by atoms with Crippen LogP contribution in [0, 0.1) is 6.92 Å². The van der Waals surface area contributed by atoms with E-state index >= 15 is 0 Å². The van der Waals surface area contributed by atoms with Crippen LogP contribution in [0.5, 0.6) is 0 Å². The van der Waals surface area contributed by atoms with Crippen molar-refractivity contribution in [1.29, 1.82) is 0 Å². The van der Waals surface area contributed by atoms with E-state index in [4.69, 9.17) is 5.11 Å². The summed E-state index contributed by atoms with van der Waals surface area (Å²) in [7, 11) is 0. The predicted octanol–water partition coefficient (Wildman–Crippen LogP) is 2.87. The van der Waals surface area contributed by atoms with Crippen molar-refractivity contribution >= 4 is 5.82 Å². The molecule has 0 aromatic carbocycles. The molecule has 0 aliphatic carbocycles. The fraction of sp³-hybridized carbons (Fsp3) is 0.714. The van der Waals surface area contributed by atoms with Crippen molar-refractivity contribution in [3.8, 4) is 0 Å². The highest BCUT2D eigenvalue weighted by Crippen LogP contribution is 2.13. The molecule has 0 amide bonds. The Morgan fingerprint density at radius 2 is 1.89 bits per heavy atom. The Kier molecular flexibility index (Phi) is 6.65. The zero-order valence-corrected chi connectivity index (χ0v) is 11.7. The molecule has 0 atom stereocenters. The lowest BCUT2D eigenvalue weighted by Crippen LogP contribution is -2.07. The molecule has 1 heterocycles. The second-order valence-corrected chi connectivity index (χ2v) is 4.97. The fourth-order valence-corrected chi connectivity index (χ4v) is 1.75. The Balaban J connectivity index is 2.37. The molecule has 4 nitrogen and oxygen atoms in total. The SMILES string of the molecule is Cc1cc(NCCCCCCO)nc(C(C)C)n1. The summed E-state index contributed by atoms with van der Waals surface area (Å²) >= 11 is 0. The topological polar surface area (TPSA) is 58.0 Å². The van der Waals surface area contributed by atoms with Gasteiger partial charge in [0, 0.05) is 30.8 Å². The first-order chi connectivity index (χ1) is 8.63. The van der Waals surface area contributed by atoms with E-state index in [0.717, 1.165) is 49.6 Å². The highest BCUT2D eigenvalue weighted by Gasteiger charge is 2.05. The summed E-state index contributed by atoms with van der Waals surface area (Å²) in [5.74, 6) is 2.18. The molecule has 2 N–H and O–H groups in total. The molecular weight excluding hydrogens is 226 g/mol. The summed E-state index contributed by atoms with van der Waals surface area (Å²) < 4.78 is 0. The van der Waals surface area contributed by atoms with Gasteiger partial charge in [0.05, 0.1) is 0 Å². The van der Waals surface area contributed by atoms with E-state index in [9.17, 15) is 0 Å². The minimum Gasteiger partial charge on any atom is -0.396 e. The molecule has 0 spiro atoms. The molecule has 0 unspecified atom stereocenters. The molecule has 102 valence electrons. The molecule has 0 saturated carbocycles. The third kappa shape index (κ3) is 5.45. The van der Waals surface area contributed by atoms with E-state index in [1.165, 1.54) is 0 Å². The highest BCUT2D eigenvalue weighted by atomic mass is 16.2. The van der Waals surface area contributed by atoms with Gasteiger partial charge in [-0.3, -0.25) is 0 Å². The maximum absolute atomic E-state index is 8.68. The number of nitrogens with zero attached hydrogens (tertiary/aromatic N) is 2. The first kappa shape index (κ1) is 14.9. The number of nitrogens with one attached hydrogen (secondary N) is 1. The Hall–Kier alpha value is -1.16. The van der Waals surface area contributed by atoms with Crippen LogP contribution >= 0.6 is 0 Å². The van der Waals surface area contributed by atoms with Crippen molar-refractivity contribution in [2.45, 2.75) is 52.4 Å². The molecule has 18 heavy (non-hydrogen) atoms. The fourth-order valence-electron chi connectivity index (χ4n) is 1.75. The monoisotopic (exact) mass is 251 g/mol. The minimum absolute atomic E-state index is 0.302. The number of aliphatic hydroxyl groups excluding tert-OH is 1. The van der Waals surface area contributed by atoms with Gasteiger partial charge < -0.3 is 10.4 Å². The zero-order chi connectivity index (χ0) is 13.4. The smallest absolute Gasteiger partial charge is 0.133 e. The van der Waals surface area contributed by atoms with E-state index in [1.54, 1.807) is 0 Å². The summed E-state index contributed by atoms with van der Waals surface area (Å²) in [6.45, 7) is 7.44. The maximum atomic E-state index is 8.68. The van der Waals surface area contributed by atoms with E-state index in [1.807, 2.05) is 13.0 Å². The van der Waals surface area contributed by atoms with Crippen LogP contribution in [0.3, 0.4) is 0 Å².